The molecule has 0 saturated carbocycles. The SMILES string of the molecule is NCCCNCCN(CCCN)CCCNNCCCN(CCCN)CCN(CCCN)CCCN. The van der Waals surface area contributed by atoms with Crippen molar-refractivity contribution in [2.75, 3.05) is 118 Å². The van der Waals surface area contributed by atoms with Gasteiger partial charge in [-0.05, 0) is 123 Å². The Balaban J connectivity index is 4.06. The fourth-order valence-corrected chi connectivity index (χ4v) is 4.10. The second-order valence-electron chi connectivity index (χ2n) is 9.55. The zero-order valence-electron chi connectivity index (χ0n) is 23.4. The number of rotatable bonds is 30. The van der Waals surface area contributed by atoms with Crippen LogP contribution < -0.4 is 44.8 Å². The molecule has 0 aliphatic heterocycles. The first kappa shape index (κ1) is 35.6. The standard InChI is InChI=1S/C25H63N11/c26-8-1-13-31-16-23-34(17-2-9-27)21-6-14-32-33-15-7-22-36(20-5-12-30)25-24-35(18-3-10-28)19-4-11-29/h31-33H,1-30H2. The van der Waals surface area contributed by atoms with Crippen molar-refractivity contribution in [3.8, 4) is 0 Å². The van der Waals surface area contributed by atoms with E-state index in [1.165, 1.54) is 0 Å². The van der Waals surface area contributed by atoms with Gasteiger partial charge >= 0.3 is 0 Å². The molecule has 0 amide bonds. The van der Waals surface area contributed by atoms with Gasteiger partial charge in [0.25, 0.3) is 0 Å². The van der Waals surface area contributed by atoms with Crippen molar-refractivity contribution >= 4 is 0 Å². The summed E-state index contributed by atoms with van der Waals surface area (Å²) in [7, 11) is 0. The Hall–Kier alpha value is -0.440. The summed E-state index contributed by atoms with van der Waals surface area (Å²) in [6.45, 7) is 17.3. The van der Waals surface area contributed by atoms with Crippen LogP contribution in [0, 0.1) is 0 Å². The van der Waals surface area contributed by atoms with Crippen LogP contribution in [0.15, 0.2) is 0 Å². The van der Waals surface area contributed by atoms with Crippen LogP contribution in [0.5, 0.6) is 0 Å². The molecule has 11 heteroatoms. The Morgan fingerprint density at radius 3 is 1.08 bits per heavy atom. The molecule has 11 nitrogen and oxygen atoms in total. The second kappa shape index (κ2) is 29.1. The average Bonchev–Trinajstić information content (AvgIpc) is 2.89. The van der Waals surface area contributed by atoms with Crippen molar-refractivity contribution in [2.24, 2.45) is 28.7 Å². The maximum Gasteiger partial charge on any atom is 0.0112 e. The predicted octanol–water partition coefficient (Wildman–Crippen LogP) is -1.90. The Morgan fingerprint density at radius 2 is 0.694 bits per heavy atom. The zero-order valence-corrected chi connectivity index (χ0v) is 23.4. The highest BCUT2D eigenvalue weighted by Crippen LogP contribution is 1.99. The molecule has 0 radical (unpaired) electrons. The number of nitrogens with zero attached hydrogens (tertiary/aromatic N) is 3. The van der Waals surface area contributed by atoms with E-state index in [9.17, 15) is 0 Å². The minimum Gasteiger partial charge on any atom is -0.330 e. The highest BCUT2D eigenvalue weighted by Gasteiger charge is 2.09. The van der Waals surface area contributed by atoms with Crippen LogP contribution in [0.2, 0.25) is 0 Å². The van der Waals surface area contributed by atoms with E-state index < -0.39 is 0 Å². The number of nitrogens with two attached hydrogens (primary N) is 5. The van der Waals surface area contributed by atoms with Gasteiger partial charge in [0.15, 0.2) is 0 Å². The van der Waals surface area contributed by atoms with E-state index in [-0.39, 0.29) is 0 Å². The zero-order chi connectivity index (χ0) is 26.5. The summed E-state index contributed by atoms with van der Waals surface area (Å²) in [5, 5.41) is 3.47. The Morgan fingerprint density at radius 1 is 0.333 bits per heavy atom. The first-order chi connectivity index (χ1) is 17.7. The molecular weight excluding hydrogens is 454 g/mol. The van der Waals surface area contributed by atoms with Crippen LogP contribution in [0.1, 0.15) is 44.9 Å². The summed E-state index contributed by atoms with van der Waals surface area (Å²) >= 11 is 0. The molecule has 0 unspecified atom stereocenters. The van der Waals surface area contributed by atoms with Crippen molar-refractivity contribution in [2.45, 2.75) is 44.9 Å². The Bertz CT molecular complexity index is 409. The van der Waals surface area contributed by atoms with Crippen LogP contribution in [0.25, 0.3) is 0 Å². The number of nitrogens with one attached hydrogen (secondary N) is 3. The van der Waals surface area contributed by atoms with E-state index in [2.05, 4.69) is 30.9 Å². The topological polar surface area (TPSA) is 176 Å². The maximum absolute atomic E-state index is 5.78. The third-order valence-corrected chi connectivity index (χ3v) is 6.29. The van der Waals surface area contributed by atoms with Crippen LogP contribution in [-0.2, 0) is 0 Å². The van der Waals surface area contributed by atoms with Gasteiger partial charge in [0.05, 0.1) is 0 Å². The Kier molecular flexibility index (Phi) is 28.8. The van der Waals surface area contributed by atoms with E-state index in [0.717, 1.165) is 163 Å². The van der Waals surface area contributed by atoms with E-state index in [1.54, 1.807) is 0 Å². The van der Waals surface area contributed by atoms with E-state index >= 15 is 0 Å². The van der Waals surface area contributed by atoms with Crippen LogP contribution in [0.4, 0.5) is 0 Å². The minimum atomic E-state index is 0.742. The van der Waals surface area contributed by atoms with Gasteiger partial charge in [-0.2, -0.15) is 0 Å². The lowest BCUT2D eigenvalue weighted by Gasteiger charge is -2.27. The quantitative estimate of drug-likeness (QED) is 0.0394. The smallest absolute Gasteiger partial charge is 0.0112 e. The van der Waals surface area contributed by atoms with Crippen LogP contribution in [-0.4, -0.2) is 133 Å². The molecule has 0 saturated heterocycles. The highest BCUT2D eigenvalue weighted by molar-refractivity contribution is 4.66. The second-order valence-corrected chi connectivity index (χ2v) is 9.55. The lowest BCUT2D eigenvalue weighted by atomic mass is 10.3. The van der Waals surface area contributed by atoms with Crippen LogP contribution >= 0.6 is 0 Å². The monoisotopic (exact) mass is 518 g/mol. The third-order valence-electron chi connectivity index (χ3n) is 6.29. The van der Waals surface area contributed by atoms with Gasteiger partial charge in [0.1, 0.15) is 0 Å². The summed E-state index contributed by atoms with van der Waals surface area (Å²) in [4.78, 5) is 7.55. The molecule has 0 aliphatic carbocycles. The summed E-state index contributed by atoms with van der Waals surface area (Å²) in [6, 6.07) is 0. The fraction of sp³-hybridized carbons (Fsp3) is 1.00. The molecule has 0 aliphatic rings. The fourth-order valence-electron chi connectivity index (χ4n) is 4.10. The predicted molar refractivity (Wildman–Crippen MR) is 156 cm³/mol. The van der Waals surface area contributed by atoms with Gasteiger partial charge in [-0.3, -0.25) is 10.9 Å². The highest BCUT2D eigenvalue weighted by atomic mass is 15.3. The molecule has 0 rings (SSSR count). The normalized spacial score (nSPS) is 12.0. The van der Waals surface area contributed by atoms with Crippen molar-refractivity contribution in [1.82, 2.24) is 30.9 Å². The van der Waals surface area contributed by atoms with Gasteiger partial charge in [-0.15, -0.1) is 0 Å². The van der Waals surface area contributed by atoms with Gasteiger partial charge < -0.3 is 48.7 Å². The molecule has 36 heavy (non-hydrogen) atoms. The molecule has 0 spiro atoms. The van der Waals surface area contributed by atoms with Gasteiger partial charge in [-0.1, -0.05) is 0 Å². The summed E-state index contributed by atoms with van der Waals surface area (Å²) in [5.74, 6) is 0. The van der Waals surface area contributed by atoms with Crippen molar-refractivity contribution < 1.29 is 0 Å². The third kappa shape index (κ3) is 23.9. The van der Waals surface area contributed by atoms with E-state index in [0.29, 0.717) is 0 Å². The maximum atomic E-state index is 5.78. The molecule has 0 aromatic heterocycles. The first-order valence-electron chi connectivity index (χ1n) is 14.6. The average molecular weight is 518 g/mol. The minimum absolute atomic E-state index is 0.742. The molecule has 13 N–H and O–H groups in total. The first-order valence-corrected chi connectivity index (χ1v) is 14.6. The molecule has 0 atom stereocenters. The largest absolute Gasteiger partial charge is 0.330 e. The number of hydrazine groups is 1. The Labute approximate surface area is 222 Å². The molecule has 0 fully saturated rings. The molecule has 218 valence electrons. The number of hydrogen-bond acceptors (Lipinski definition) is 11. The van der Waals surface area contributed by atoms with Gasteiger partial charge in [-0.25, -0.2) is 0 Å². The van der Waals surface area contributed by atoms with E-state index in [1.807, 2.05) is 0 Å². The van der Waals surface area contributed by atoms with E-state index in [4.69, 9.17) is 28.7 Å². The van der Waals surface area contributed by atoms with Gasteiger partial charge in [0, 0.05) is 39.3 Å². The summed E-state index contributed by atoms with van der Waals surface area (Å²) in [6.07, 6.45) is 7.43. The molecule has 0 heterocycles. The van der Waals surface area contributed by atoms with Gasteiger partial charge in [0.2, 0.25) is 0 Å². The summed E-state index contributed by atoms with van der Waals surface area (Å²) < 4.78 is 0. The molecule has 0 aromatic rings. The van der Waals surface area contributed by atoms with Crippen LogP contribution in [0.3, 0.4) is 0 Å². The summed E-state index contributed by atoms with van der Waals surface area (Å²) in [5.41, 5.74) is 35.3. The van der Waals surface area contributed by atoms with Crippen molar-refractivity contribution in [3.63, 3.8) is 0 Å². The van der Waals surface area contributed by atoms with Crippen molar-refractivity contribution in [3.05, 3.63) is 0 Å². The molecular formula is C25H63N11. The molecule has 0 bridgehead atoms. The lowest BCUT2D eigenvalue weighted by Crippen LogP contribution is -2.40. The molecule has 0 aromatic carbocycles. The number of hydrogen-bond donors (Lipinski definition) is 8. The van der Waals surface area contributed by atoms with Crippen molar-refractivity contribution in [1.29, 1.82) is 0 Å². The lowest BCUT2D eigenvalue weighted by molar-refractivity contribution is 0.198.